The van der Waals surface area contributed by atoms with Crippen LogP contribution in [-0.4, -0.2) is 26.3 Å². The van der Waals surface area contributed by atoms with Crippen molar-refractivity contribution < 1.29 is 14.3 Å². The number of carbonyl (C=O) groups is 2. The van der Waals surface area contributed by atoms with Gasteiger partial charge in [0.25, 0.3) is 0 Å². The van der Waals surface area contributed by atoms with Gasteiger partial charge in [0.05, 0.1) is 0 Å². The van der Waals surface area contributed by atoms with Gasteiger partial charge >= 0.3 is 12.2 Å². The Hall–Kier alpha value is -1.26. The number of ether oxygens (including phenoxy) is 1. The summed E-state index contributed by atoms with van der Waals surface area (Å²) >= 11 is 0. The molecule has 0 aromatic heterocycles. The molecule has 5 nitrogen and oxygen atoms in total. The van der Waals surface area contributed by atoms with Crippen LogP contribution >= 0.6 is 0 Å². The average Bonchev–Trinajstić information content (AvgIpc) is 1.87. The third-order valence-corrected chi connectivity index (χ3v) is 0.594. The molecule has 0 spiro atoms. The van der Waals surface area contributed by atoms with Gasteiger partial charge in [-0.2, -0.15) is 0 Å². The summed E-state index contributed by atoms with van der Waals surface area (Å²) < 4.78 is 4.05. The Bertz CT molecular complexity index is 109. The van der Waals surface area contributed by atoms with Crippen molar-refractivity contribution in [3.63, 3.8) is 0 Å². The van der Waals surface area contributed by atoms with Crippen LogP contribution in [0.2, 0.25) is 0 Å². The van der Waals surface area contributed by atoms with Crippen LogP contribution < -0.4 is 10.6 Å². The molecule has 0 fully saturated rings. The number of carbonyl (C=O) groups excluding carboxylic acids is 2. The van der Waals surface area contributed by atoms with Crippen LogP contribution in [0.25, 0.3) is 0 Å². The summed E-state index contributed by atoms with van der Waals surface area (Å²) in [4.78, 5) is 20.4. The van der Waals surface area contributed by atoms with Crippen molar-refractivity contribution in [2.75, 3.05) is 14.1 Å². The number of nitrogens with one attached hydrogen (secondary N) is 2. The average molecular weight is 132 g/mol. The first-order chi connectivity index (χ1) is 4.20. The van der Waals surface area contributed by atoms with Crippen LogP contribution in [0.4, 0.5) is 9.59 Å². The van der Waals surface area contributed by atoms with Crippen molar-refractivity contribution in [1.29, 1.82) is 0 Å². The highest BCUT2D eigenvalue weighted by atomic mass is 16.6. The lowest BCUT2D eigenvalue weighted by Crippen LogP contribution is -2.28. The normalized spacial score (nSPS) is 7.78. The molecular weight excluding hydrogens is 124 g/mol. The Labute approximate surface area is 52.4 Å². The number of rotatable bonds is 0. The summed E-state index contributed by atoms with van der Waals surface area (Å²) in [5, 5.41) is 4.22. The first-order valence-corrected chi connectivity index (χ1v) is 2.32. The third kappa shape index (κ3) is 3.33. The molecule has 2 N–H and O–H groups in total. The minimum atomic E-state index is -0.769. The molecule has 5 heteroatoms. The number of hydrogen-bond acceptors (Lipinski definition) is 3. The fourth-order valence-electron chi connectivity index (χ4n) is 0.186. The van der Waals surface area contributed by atoms with Gasteiger partial charge in [0, 0.05) is 14.1 Å². The summed E-state index contributed by atoms with van der Waals surface area (Å²) in [5.41, 5.74) is 0. The molecule has 0 bridgehead atoms. The van der Waals surface area contributed by atoms with Crippen molar-refractivity contribution in [2.24, 2.45) is 0 Å². The van der Waals surface area contributed by atoms with Crippen molar-refractivity contribution >= 4 is 12.2 Å². The van der Waals surface area contributed by atoms with Gasteiger partial charge in [0.2, 0.25) is 0 Å². The fourth-order valence-corrected chi connectivity index (χ4v) is 0.186. The van der Waals surface area contributed by atoms with Crippen LogP contribution in [0, 0.1) is 0 Å². The standard InChI is InChI=1S/C4H8N2O3/c1-5-3(7)9-4(8)6-2/h1-2H3,(H,5,7)(H,6,8). The van der Waals surface area contributed by atoms with E-state index in [9.17, 15) is 9.59 Å². The molecule has 0 atom stereocenters. The molecule has 0 aliphatic rings. The first-order valence-electron chi connectivity index (χ1n) is 2.32. The highest BCUT2D eigenvalue weighted by molar-refractivity contribution is 5.82. The molecule has 0 aliphatic carbocycles. The highest BCUT2D eigenvalue weighted by Gasteiger charge is 2.02. The van der Waals surface area contributed by atoms with Crippen LogP contribution in [-0.2, 0) is 4.74 Å². The van der Waals surface area contributed by atoms with Crippen LogP contribution in [0.5, 0.6) is 0 Å². The molecule has 0 aliphatic heterocycles. The number of amides is 2. The topological polar surface area (TPSA) is 67.4 Å². The van der Waals surface area contributed by atoms with Crippen molar-refractivity contribution in [3.05, 3.63) is 0 Å². The zero-order valence-electron chi connectivity index (χ0n) is 5.22. The van der Waals surface area contributed by atoms with Crippen LogP contribution in [0.1, 0.15) is 0 Å². The highest BCUT2D eigenvalue weighted by Crippen LogP contribution is 1.75. The molecule has 2 amide bonds. The molecule has 0 radical (unpaired) electrons. The lowest BCUT2D eigenvalue weighted by atomic mass is 11.0. The van der Waals surface area contributed by atoms with E-state index in [1.54, 1.807) is 0 Å². The Morgan fingerprint density at radius 2 is 1.44 bits per heavy atom. The maximum absolute atomic E-state index is 10.2. The van der Waals surface area contributed by atoms with Crippen molar-refractivity contribution in [1.82, 2.24) is 10.6 Å². The molecule has 0 saturated carbocycles. The van der Waals surface area contributed by atoms with E-state index < -0.39 is 12.2 Å². The lowest BCUT2D eigenvalue weighted by Gasteiger charge is -1.98. The maximum Gasteiger partial charge on any atom is 0.415 e. The molecular formula is C4H8N2O3. The summed E-state index contributed by atoms with van der Waals surface area (Å²) in [6.07, 6.45) is -1.54. The van der Waals surface area contributed by atoms with Crippen LogP contribution in [0.3, 0.4) is 0 Å². The van der Waals surface area contributed by atoms with Gasteiger partial charge in [-0.25, -0.2) is 9.59 Å². The molecule has 0 rings (SSSR count). The van der Waals surface area contributed by atoms with Crippen molar-refractivity contribution in [2.45, 2.75) is 0 Å². The summed E-state index contributed by atoms with van der Waals surface area (Å²) in [6.45, 7) is 0. The van der Waals surface area contributed by atoms with Gasteiger partial charge in [-0.05, 0) is 0 Å². The minimum absolute atomic E-state index is 0.769. The molecule has 0 aromatic carbocycles. The van der Waals surface area contributed by atoms with Gasteiger partial charge < -0.3 is 15.4 Å². The Morgan fingerprint density at radius 3 is 1.67 bits per heavy atom. The van der Waals surface area contributed by atoms with E-state index in [0.29, 0.717) is 0 Å². The third-order valence-electron chi connectivity index (χ3n) is 0.594. The quantitative estimate of drug-likeness (QED) is 0.444. The van der Waals surface area contributed by atoms with E-state index in [1.807, 2.05) is 0 Å². The monoisotopic (exact) mass is 132 g/mol. The van der Waals surface area contributed by atoms with E-state index in [0.717, 1.165) is 0 Å². The molecule has 52 valence electrons. The second-order valence-electron chi connectivity index (χ2n) is 1.18. The molecule has 0 unspecified atom stereocenters. The largest absolute Gasteiger partial charge is 0.415 e. The van der Waals surface area contributed by atoms with E-state index >= 15 is 0 Å². The van der Waals surface area contributed by atoms with E-state index in [1.165, 1.54) is 14.1 Å². The summed E-state index contributed by atoms with van der Waals surface area (Å²) in [6, 6.07) is 0. The minimum Gasteiger partial charge on any atom is -0.359 e. The van der Waals surface area contributed by atoms with Gasteiger partial charge in [-0.15, -0.1) is 0 Å². The van der Waals surface area contributed by atoms with E-state index in [4.69, 9.17) is 0 Å². The zero-order chi connectivity index (χ0) is 7.28. The predicted octanol–water partition coefficient (Wildman–Crippen LogP) is -0.318. The maximum atomic E-state index is 10.2. The van der Waals surface area contributed by atoms with Gasteiger partial charge in [-0.1, -0.05) is 0 Å². The van der Waals surface area contributed by atoms with Crippen molar-refractivity contribution in [3.8, 4) is 0 Å². The summed E-state index contributed by atoms with van der Waals surface area (Å²) in [7, 11) is 2.73. The number of hydrogen-bond donors (Lipinski definition) is 2. The van der Waals surface area contributed by atoms with Crippen LogP contribution in [0.15, 0.2) is 0 Å². The number of alkyl carbamates (subject to hydrolysis) is 2. The molecule has 9 heavy (non-hydrogen) atoms. The Morgan fingerprint density at radius 1 is 1.11 bits per heavy atom. The summed E-state index contributed by atoms with van der Waals surface area (Å²) in [5.74, 6) is 0. The lowest BCUT2D eigenvalue weighted by molar-refractivity contribution is 0.153. The van der Waals surface area contributed by atoms with Gasteiger partial charge in [0.15, 0.2) is 0 Å². The Kier molecular flexibility index (Phi) is 3.19. The first kappa shape index (κ1) is 7.74. The molecule has 0 saturated heterocycles. The smallest absolute Gasteiger partial charge is 0.359 e. The zero-order valence-corrected chi connectivity index (χ0v) is 5.22. The SMILES string of the molecule is CNC(=O)OC(=O)NC. The fraction of sp³-hybridized carbons (Fsp3) is 0.500. The molecule has 0 aromatic rings. The predicted molar refractivity (Wildman–Crippen MR) is 30.0 cm³/mol. The van der Waals surface area contributed by atoms with Gasteiger partial charge in [0.1, 0.15) is 0 Å². The van der Waals surface area contributed by atoms with Gasteiger partial charge in [-0.3, -0.25) is 0 Å². The second kappa shape index (κ2) is 3.71. The molecule has 0 heterocycles. The second-order valence-corrected chi connectivity index (χ2v) is 1.18. The van der Waals surface area contributed by atoms with E-state index in [-0.39, 0.29) is 0 Å². The Balaban J connectivity index is 3.47. The van der Waals surface area contributed by atoms with E-state index in [2.05, 4.69) is 15.4 Å².